The monoisotopic (exact) mass is 397 g/mol. The van der Waals surface area contributed by atoms with Gasteiger partial charge < -0.3 is 5.73 Å². The average molecular weight is 398 g/mol. The molecular formula is C21H17Cl2N3O. The number of pyridine rings is 1. The maximum Gasteiger partial charge on any atom is 0.255 e. The number of rotatable bonds is 5. The molecule has 4 nitrogen and oxygen atoms in total. The highest BCUT2D eigenvalue weighted by atomic mass is 35.5. The minimum Gasteiger partial charge on any atom is -0.383 e. The van der Waals surface area contributed by atoms with Gasteiger partial charge in [0, 0.05) is 18.0 Å². The first-order valence-corrected chi connectivity index (χ1v) is 9.07. The van der Waals surface area contributed by atoms with Gasteiger partial charge >= 0.3 is 0 Å². The number of hydrogen-bond donors (Lipinski definition) is 1. The molecule has 27 heavy (non-hydrogen) atoms. The second kappa shape index (κ2) is 8.80. The van der Waals surface area contributed by atoms with Crippen molar-refractivity contribution in [2.75, 3.05) is 0 Å². The number of amidine groups is 1. The van der Waals surface area contributed by atoms with Crippen LogP contribution in [0.5, 0.6) is 0 Å². The van der Waals surface area contributed by atoms with Crippen molar-refractivity contribution in [2.45, 2.75) is 12.3 Å². The van der Waals surface area contributed by atoms with E-state index in [0.29, 0.717) is 22.0 Å². The van der Waals surface area contributed by atoms with Crippen molar-refractivity contribution in [1.82, 2.24) is 4.98 Å². The molecule has 0 aliphatic carbocycles. The van der Waals surface area contributed by atoms with Gasteiger partial charge in [-0.05, 0) is 41.8 Å². The third-order valence-electron chi connectivity index (χ3n) is 4.13. The molecule has 0 bridgehead atoms. The first-order chi connectivity index (χ1) is 13.0. The Morgan fingerprint density at radius 2 is 1.70 bits per heavy atom. The van der Waals surface area contributed by atoms with Gasteiger partial charge in [-0.2, -0.15) is 4.99 Å². The van der Waals surface area contributed by atoms with Crippen molar-refractivity contribution in [3.8, 4) is 0 Å². The van der Waals surface area contributed by atoms with E-state index in [1.54, 1.807) is 36.7 Å². The Bertz CT molecular complexity index is 960. The lowest BCUT2D eigenvalue weighted by Crippen LogP contribution is -2.20. The second-order valence-corrected chi connectivity index (χ2v) is 6.80. The first kappa shape index (κ1) is 19.1. The SMILES string of the molecule is NC(=NC(=O)C(Cc1ccc(Cl)c(Cl)c1)c1ccccc1)c1ccncc1. The van der Waals surface area contributed by atoms with Crippen LogP contribution in [0.25, 0.3) is 0 Å². The summed E-state index contributed by atoms with van der Waals surface area (Å²) >= 11 is 12.1. The number of aromatic nitrogens is 1. The van der Waals surface area contributed by atoms with Crippen LogP contribution < -0.4 is 5.73 Å². The van der Waals surface area contributed by atoms with Crippen molar-refractivity contribution in [2.24, 2.45) is 10.7 Å². The van der Waals surface area contributed by atoms with Gasteiger partial charge in [0.05, 0.1) is 16.0 Å². The fraction of sp³-hybridized carbons (Fsp3) is 0.0952. The van der Waals surface area contributed by atoms with Crippen LogP contribution >= 0.6 is 23.2 Å². The highest BCUT2D eigenvalue weighted by molar-refractivity contribution is 6.42. The fourth-order valence-electron chi connectivity index (χ4n) is 2.72. The molecular weight excluding hydrogens is 381 g/mol. The number of halogens is 2. The highest BCUT2D eigenvalue weighted by Gasteiger charge is 2.21. The van der Waals surface area contributed by atoms with Gasteiger partial charge in [-0.25, -0.2) is 0 Å². The van der Waals surface area contributed by atoms with Crippen molar-refractivity contribution in [3.63, 3.8) is 0 Å². The van der Waals surface area contributed by atoms with Gasteiger partial charge in [-0.15, -0.1) is 0 Å². The Labute approximate surface area is 167 Å². The number of amides is 1. The largest absolute Gasteiger partial charge is 0.383 e. The molecule has 0 aliphatic rings. The van der Waals surface area contributed by atoms with Crippen molar-refractivity contribution < 1.29 is 4.79 Å². The summed E-state index contributed by atoms with van der Waals surface area (Å²) in [4.78, 5) is 21.0. The standard InChI is InChI=1S/C21H17Cl2N3O/c22-18-7-6-14(13-19(18)23)12-17(15-4-2-1-3-5-15)21(27)26-20(24)16-8-10-25-11-9-16/h1-11,13,17H,12H2,(H2,24,26,27). The quantitative estimate of drug-likeness (QED) is 0.503. The summed E-state index contributed by atoms with van der Waals surface area (Å²) in [5.41, 5.74) is 8.42. The summed E-state index contributed by atoms with van der Waals surface area (Å²) in [6, 6.07) is 18.2. The molecule has 0 saturated heterocycles. The molecule has 0 saturated carbocycles. The highest BCUT2D eigenvalue weighted by Crippen LogP contribution is 2.27. The molecule has 1 heterocycles. The van der Waals surface area contributed by atoms with Gasteiger partial charge in [0.25, 0.3) is 5.91 Å². The molecule has 1 amide bonds. The maximum absolute atomic E-state index is 12.9. The Kier molecular flexibility index (Phi) is 6.22. The Morgan fingerprint density at radius 3 is 2.37 bits per heavy atom. The van der Waals surface area contributed by atoms with Gasteiger partial charge in [-0.3, -0.25) is 9.78 Å². The zero-order valence-corrected chi connectivity index (χ0v) is 15.9. The summed E-state index contributed by atoms with van der Waals surface area (Å²) < 4.78 is 0. The summed E-state index contributed by atoms with van der Waals surface area (Å²) in [5.74, 6) is -0.636. The average Bonchev–Trinajstić information content (AvgIpc) is 2.70. The molecule has 3 rings (SSSR count). The van der Waals surface area contributed by atoms with E-state index in [9.17, 15) is 4.79 Å². The van der Waals surface area contributed by atoms with Gasteiger partial charge in [0.15, 0.2) is 0 Å². The van der Waals surface area contributed by atoms with Crippen LogP contribution in [0.15, 0.2) is 78.0 Å². The normalized spacial score (nSPS) is 12.6. The fourth-order valence-corrected chi connectivity index (χ4v) is 3.04. The van der Waals surface area contributed by atoms with E-state index in [0.717, 1.165) is 11.1 Å². The summed E-state index contributed by atoms with van der Waals surface area (Å²) in [6.07, 6.45) is 3.64. The summed E-state index contributed by atoms with van der Waals surface area (Å²) in [6.45, 7) is 0. The van der Waals surface area contributed by atoms with Crippen molar-refractivity contribution in [3.05, 3.63) is 99.8 Å². The Morgan fingerprint density at radius 1 is 1.00 bits per heavy atom. The number of aliphatic imine (C=N–C) groups is 1. The van der Waals surface area contributed by atoms with Crippen molar-refractivity contribution in [1.29, 1.82) is 0 Å². The maximum atomic E-state index is 12.9. The smallest absolute Gasteiger partial charge is 0.255 e. The van der Waals surface area contributed by atoms with Crippen molar-refractivity contribution >= 4 is 34.9 Å². The van der Waals surface area contributed by atoms with E-state index >= 15 is 0 Å². The third-order valence-corrected chi connectivity index (χ3v) is 4.87. The molecule has 1 atom stereocenters. The topological polar surface area (TPSA) is 68.3 Å². The van der Waals surface area contributed by atoms with Gasteiger partial charge in [-0.1, -0.05) is 59.6 Å². The zero-order chi connectivity index (χ0) is 19.2. The van der Waals surface area contributed by atoms with Crippen LogP contribution in [0, 0.1) is 0 Å². The molecule has 2 aromatic carbocycles. The number of carbonyl (C=O) groups excluding carboxylic acids is 1. The van der Waals surface area contributed by atoms with Crippen LogP contribution in [0.4, 0.5) is 0 Å². The number of carbonyl (C=O) groups is 1. The molecule has 0 aliphatic heterocycles. The minimum atomic E-state index is -0.483. The summed E-state index contributed by atoms with van der Waals surface area (Å²) in [7, 11) is 0. The van der Waals surface area contributed by atoms with Gasteiger partial charge in [0.2, 0.25) is 0 Å². The Balaban J connectivity index is 1.92. The molecule has 3 aromatic rings. The number of benzene rings is 2. The van der Waals surface area contributed by atoms with Crippen LogP contribution in [0.2, 0.25) is 10.0 Å². The summed E-state index contributed by atoms with van der Waals surface area (Å²) in [5, 5.41) is 0.927. The van der Waals surface area contributed by atoms with E-state index in [4.69, 9.17) is 28.9 Å². The third kappa shape index (κ3) is 4.94. The molecule has 136 valence electrons. The molecule has 0 fully saturated rings. The van der Waals surface area contributed by atoms with Crippen LogP contribution in [-0.4, -0.2) is 16.7 Å². The van der Waals surface area contributed by atoms with E-state index in [-0.39, 0.29) is 11.7 Å². The number of nitrogens with zero attached hydrogens (tertiary/aromatic N) is 2. The number of hydrogen-bond acceptors (Lipinski definition) is 2. The lowest BCUT2D eigenvalue weighted by Gasteiger charge is -2.15. The molecule has 2 N–H and O–H groups in total. The van der Waals surface area contributed by atoms with E-state index in [1.165, 1.54) is 0 Å². The number of nitrogens with two attached hydrogens (primary N) is 1. The molecule has 0 radical (unpaired) electrons. The zero-order valence-electron chi connectivity index (χ0n) is 14.3. The molecule has 6 heteroatoms. The minimum absolute atomic E-state index is 0.164. The van der Waals surface area contributed by atoms with E-state index < -0.39 is 5.92 Å². The predicted octanol–water partition coefficient (Wildman–Crippen LogP) is 4.65. The first-order valence-electron chi connectivity index (χ1n) is 8.32. The second-order valence-electron chi connectivity index (χ2n) is 5.99. The molecule has 0 spiro atoms. The van der Waals surface area contributed by atoms with E-state index in [1.807, 2.05) is 36.4 Å². The van der Waals surface area contributed by atoms with Crippen LogP contribution in [-0.2, 0) is 11.2 Å². The van der Waals surface area contributed by atoms with Gasteiger partial charge in [0.1, 0.15) is 5.84 Å². The molecule has 1 unspecified atom stereocenters. The lowest BCUT2D eigenvalue weighted by molar-refractivity contribution is -0.119. The lowest BCUT2D eigenvalue weighted by atomic mass is 9.91. The Hall–Kier alpha value is -2.69. The predicted molar refractivity (Wildman–Crippen MR) is 109 cm³/mol. The molecule has 1 aromatic heterocycles. The van der Waals surface area contributed by atoms with Crippen LogP contribution in [0.1, 0.15) is 22.6 Å². The van der Waals surface area contributed by atoms with Crippen LogP contribution in [0.3, 0.4) is 0 Å². The van der Waals surface area contributed by atoms with E-state index in [2.05, 4.69) is 9.98 Å².